The normalized spacial score (nSPS) is 9.14. The Hall–Kier alpha value is 0.0800. The first kappa shape index (κ1) is 7.08. The summed E-state index contributed by atoms with van der Waals surface area (Å²) < 4.78 is 1.07. The Balaban J connectivity index is 3.33. The van der Waals surface area contributed by atoms with Crippen molar-refractivity contribution in [3.05, 3.63) is 0 Å². The lowest BCUT2D eigenvalue weighted by Crippen LogP contribution is -2.40. The molecule has 0 aromatic rings. The number of nitrogens with zero attached hydrogens (tertiary/aromatic N) is 3. The maximum absolute atomic E-state index is 5.03. The molecule has 0 aromatic carbocycles. The van der Waals surface area contributed by atoms with Gasteiger partial charge in [-0.05, 0) is 0 Å². The van der Waals surface area contributed by atoms with Gasteiger partial charge in [0.05, 0.1) is 22.9 Å². The molecule has 0 fully saturated rings. The van der Waals surface area contributed by atoms with Crippen molar-refractivity contribution in [1.29, 1.82) is 0 Å². The second-order valence-corrected chi connectivity index (χ2v) is 1.74. The fourth-order valence-corrected chi connectivity index (χ4v) is 0.197. The van der Waals surface area contributed by atoms with Crippen LogP contribution < -0.4 is 11.7 Å². The second-order valence-electron chi connectivity index (χ2n) is 0.750. The molecule has 0 rings (SSSR count). The van der Waals surface area contributed by atoms with Crippen LogP contribution in [0.15, 0.2) is 5.10 Å². The Morgan fingerprint density at radius 1 is 1.57 bits per heavy atom. The van der Waals surface area contributed by atoms with Gasteiger partial charge in [0, 0.05) is 6.72 Å². The van der Waals surface area contributed by atoms with Gasteiger partial charge in [-0.3, -0.25) is 0 Å². The topological polar surface area (TPSA) is 70.9 Å². The number of halogens is 1. The summed E-state index contributed by atoms with van der Waals surface area (Å²) in [4.78, 5) is 0. The van der Waals surface area contributed by atoms with Crippen LogP contribution in [0.1, 0.15) is 0 Å². The lowest BCUT2D eigenvalue weighted by atomic mass is 11.7. The molecule has 7 heavy (non-hydrogen) atoms. The van der Waals surface area contributed by atoms with E-state index in [2.05, 4.69) is 11.8 Å². The van der Waals surface area contributed by atoms with E-state index in [9.17, 15) is 0 Å². The minimum atomic E-state index is 0.903. The summed E-state index contributed by atoms with van der Waals surface area (Å²) in [6.45, 7) is 3.11. The van der Waals surface area contributed by atoms with Crippen LogP contribution in [0.2, 0.25) is 0 Å². The van der Waals surface area contributed by atoms with E-state index in [1.165, 1.54) is 0 Å². The zero-order valence-corrected chi connectivity index (χ0v) is 5.74. The van der Waals surface area contributed by atoms with Gasteiger partial charge >= 0.3 is 0 Å². The van der Waals surface area contributed by atoms with E-state index in [4.69, 9.17) is 11.7 Å². The molecule has 4 N–H and O–H groups in total. The van der Waals surface area contributed by atoms with Gasteiger partial charge in [-0.15, -0.1) is 5.23 Å². The number of hydrogen-bond donors (Lipinski definition) is 2. The molecule has 0 saturated carbocycles. The molecule has 0 heterocycles. The quantitative estimate of drug-likeness (QED) is 0.208. The van der Waals surface area contributed by atoms with Crippen LogP contribution in [0, 0.1) is 0 Å². The van der Waals surface area contributed by atoms with Crippen molar-refractivity contribution in [1.82, 2.24) is 8.56 Å². The van der Waals surface area contributed by atoms with Gasteiger partial charge in [-0.2, -0.15) is 5.10 Å². The SMILES string of the molecule is C=NN(N)N(N)I. The predicted molar refractivity (Wildman–Crippen MR) is 35.6 cm³/mol. The molecule has 6 heteroatoms. The molecular weight excluding hydrogens is 209 g/mol. The molecule has 0 saturated heterocycles. The Kier molecular flexibility index (Phi) is 3.17. The highest BCUT2D eigenvalue weighted by atomic mass is 127. The highest BCUT2D eigenvalue weighted by molar-refractivity contribution is 14.1. The van der Waals surface area contributed by atoms with Crippen molar-refractivity contribution >= 4 is 29.6 Å². The lowest BCUT2D eigenvalue weighted by Gasteiger charge is -2.14. The maximum atomic E-state index is 5.03. The van der Waals surface area contributed by atoms with Crippen LogP contribution in [-0.4, -0.2) is 15.3 Å². The number of hydrogen-bond acceptors (Lipinski definition) is 5. The number of nitrogens with two attached hydrogens (primary N) is 2. The van der Waals surface area contributed by atoms with Gasteiger partial charge in [0.25, 0.3) is 0 Å². The summed E-state index contributed by atoms with van der Waals surface area (Å²) in [7, 11) is 0. The zero-order chi connectivity index (χ0) is 5.86. The summed E-state index contributed by atoms with van der Waals surface area (Å²) in [5.41, 5.74) is 0. The molecule has 0 radical (unpaired) electrons. The van der Waals surface area contributed by atoms with Gasteiger partial charge in [-0.1, -0.05) is 3.33 Å². The molecule has 0 aliphatic rings. The largest absolute Gasteiger partial charge is 0.238 e. The Labute approximate surface area is 55.3 Å². The van der Waals surface area contributed by atoms with Gasteiger partial charge in [-0.25, -0.2) is 11.7 Å². The Morgan fingerprint density at radius 3 is 2.00 bits per heavy atom. The van der Waals surface area contributed by atoms with E-state index in [1.54, 1.807) is 22.9 Å². The molecule has 42 valence electrons. The third kappa shape index (κ3) is 2.74. The molecule has 0 aliphatic heterocycles. The highest BCUT2D eigenvalue weighted by Gasteiger charge is 1.92. The standard InChI is InChI=1S/CH6IN5/c1-5-7(4)6(2)3/h1,3-4H2. The first-order valence-electron chi connectivity index (χ1n) is 1.40. The molecular formula is CH6IN5. The molecule has 0 aliphatic carbocycles. The van der Waals surface area contributed by atoms with Crippen molar-refractivity contribution in [2.75, 3.05) is 0 Å². The molecule has 0 atom stereocenters. The second kappa shape index (κ2) is 3.13. The first-order valence-corrected chi connectivity index (χ1v) is 2.37. The Morgan fingerprint density at radius 2 is 2.00 bits per heavy atom. The average Bonchev–Trinajstić information content (AvgIpc) is 1.65. The minimum absolute atomic E-state index is 0.903. The summed E-state index contributed by atoms with van der Waals surface area (Å²) in [6.07, 6.45) is 0. The number of rotatable bonds is 2. The molecule has 0 bridgehead atoms. The fraction of sp³-hybridized carbons (Fsp3) is 0. The smallest absolute Gasteiger partial charge is 0.0665 e. The Bertz CT molecular complexity index is 61.1. The van der Waals surface area contributed by atoms with E-state index < -0.39 is 0 Å². The first-order chi connectivity index (χ1) is 3.18. The number of hydrazine groups is 3. The summed E-state index contributed by atoms with van der Waals surface area (Å²) >= 11 is 1.75. The monoisotopic (exact) mass is 215 g/mol. The summed E-state index contributed by atoms with van der Waals surface area (Å²) in [5, 5.41) is 4.15. The van der Waals surface area contributed by atoms with Gasteiger partial charge < -0.3 is 0 Å². The van der Waals surface area contributed by atoms with E-state index in [0.29, 0.717) is 0 Å². The number of hydrazone groups is 1. The van der Waals surface area contributed by atoms with Crippen molar-refractivity contribution in [3.63, 3.8) is 0 Å². The lowest BCUT2D eigenvalue weighted by molar-refractivity contribution is 0.0996. The van der Waals surface area contributed by atoms with E-state index in [-0.39, 0.29) is 0 Å². The summed E-state index contributed by atoms with van der Waals surface area (Å²) in [6, 6.07) is 0. The van der Waals surface area contributed by atoms with Crippen LogP contribution in [0.4, 0.5) is 0 Å². The fourth-order valence-electron chi connectivity index (χ4n) is 0.0604. The molecule has 0 amide bonds. The van der Waals surface area contributed by atoms with Crippen LogP contribution in [0.5, 0.6) is 0 Å². The average molecular weight is 215 g/mol. The van der Waals surface area contributed by atoms with Gasteiger partial charge in [0.2, 0.25) is 0 Å². The third-order valence-electron chi connectivity index (χ3n) is 0.341. The zero-order valence-electron chi connectivity index (χ0n) is 3.58. The molecule has 0 spiro atoms. The van der Waals surface area contributed by atoms with E-state index in [0.717, 1.165) is 8.56 Å². The summed E-state index contributed by atoms with van der Waals surface area (Å²) in [5.74, 6) is 10.0. The van der Waals surface area contributed by atoms with E-state index in [1.807, 2.05) is 0 Å². The van der Waals surface area contributed by atoms with Crippen LogP contribution >= 0.6 is 22.9 Å². The van der Waals surface area contributed by atoms with Gasteiger partial charge in [0.15, 0.2) is 0 Å². The molecule has 0 unspecified atom stereocenters. The van der Waals surface area contributed by atoms with Crippen LogP contribution in [0.25, 0.3) is 0 Å². The highest BCUT2D eigenvalue weighted by Crippen LogP contribution is 1.88. The molecule has 5 nitrogen and oxygen atoms in total. The third-order valence-corrected chi connectivity index (χ3v) is 0.783. The predicted octanol–water partition coefficient (Wildman–Crippen LogP) is -0.782. The van der Waals surface area contributed by atoms with Gasteiger partial charge in [0.1, 0.15) is 0 Å². The van der Waals surface area contributed by atoms with Crippen molar-refractivity contribution in [2.45, 2.75) is 0 Å². The van der Waals surface area contributed by atoms with Crippen LogP contribution in [-0.2, 0) is 0 Å². The minimum Gasteiger partial charge on any atom is -0.238 e. The maximum Gasteiger partial charge on any atom is 0.0665 e. The van der Waals surface area contributed by atoms with Crippen molar-refractivity contribution in [2.24, 2.45) is 16.8 Å². The van der Waals surface area contributed by atoms with Crippen LogP contribution in [0.3, 0.4) is 0 Å². The van der Waals surface area contributed by atoms with E-state index >= 15 is 0 Å². The van der Waals surface area contributed by atoms with Crippen molar-refractivity contribution < 1.29 is 0 Å². The molecule has 0 aromatic heterocycles. The van der Waals surface area contributed by atoms with Crippen molar-refractivity contribution in [3.8, 4) is 0 Å².